The summed E-state index contributed by atoms with van der Waals surface area (Å²) in [5.74, 6) is 0.732. The number of ether oxygens (including phenoxy) is 1. The monoisotopic (exact) mass is 344 g/mol. The van der Waals surface area contributed by atoms with E-state index in [1.807, 2.05) is 18.7 Å². The maximum atomic E-state index is 5.34. The summed E-state index contributed by atoms with van der Waals surface area (Å²) in [5.41, 5.74) is 1.15. The zero-order chi connectivity index (χ0) is 9.14. The summed E-state index contributed by atoms with van der Waals surface area (Å²) >= 11 is 5.65. The molecule has 0 N–H and O–H groups in total. The van der Waals surface area contributed by atoms with Gasteiger partial charge >= 0.3 is 0 Å². The summed E-state index contributed by atoms with van der Waals surface area (Å²) < 4.78 is 8.27. The van der Waals surface area contributed by atoms with Crippen LogP contribution in [0, 0.1) is 3.57 Å². The van der Waals surface area contributed by atoms with E-state index in [-0.39, 0.29) is 0 Å². The average Bonchev–Trinajstić information content (AvgIpc) is 2.29. The first-order chi connectivity index (χ1) is 5.70. The largest absolute Gasteiger partial charge is 0.476 e. The van der Waals surface area contributed by atoms with Gasteiger partial charge in [0.2, 0.25) is 5.88 Å². The highest BCUT2D eigenvalue weighted by Crippen LogP contribution is 2.24. The fourth-order valence-electron chi connectivity index (χ4n) is 0.880. The van der Waals surface area contributed by atoms with Crippen molar-refractivity contribution in [1.82, 2.24) is 9.78 Å². The third kappa shape index (κ3) is 1.93. The van der Waals surface area contributed by atoms with Gasteiger partial charge in [0, 0.05) is 12.4 Å². The number of hydrogen-bond donors (Lipinski definition) is 0. The van der Waals surface area contributed by atoms with Gasteiger partial charge in [-0.1, -0.05) is 15.9 Å². The van der Waals surface area contributed by atoms with Crippen molar-refractivity contribution in [3.63, 3.8) is 0 Å². The van der Waals surface area contributed by atoms with Crippen LogP contribution >= 0.6 is 38.5 Å². The van der Waals surface area contributed by atoms with Gasteiger partial charge in [-0.2, -0.15) is 0 Å². The van der Waals surface area contributed by atoms with E-state index in [0.717, 1.165) is 20.5 Å². The summed E-state index contributed by atoms with van der Waals surface area (Å²) in [6, 6.07) is 0. The van der Waals surface area contributed by atoms with Gasteiger partial charge < -0.3 is 4.74 Å². The van der Waals surface area contributed by atoms with Crippen LogP contribution in [-0.4, -0.2) is 16.4 Å². The Kier molecular flexibility index (Phi) is 3.82. The van der Waals surface area contributed by atoms with E-state index >= 15 is 0 Å². The summed E-state index contributed by atoms with van der Waals surface area (Å²) in [6.07, 6.45) is 0. The lowest BCUT2D eigenvalue weighted by molar-refractivity contribution is 0.321. The molecule has 0 amide bonds. The second kappa shape index (κ2) is 4.45. The molecular formula is C7H10BrIN2O. The van der Waals surface area contributed by atoms with Gasteiger partial charge in [0.25, 0.3) is 0 Å². The summed E-state index contributed by atoms with van der Waals surface area (Å²) in [5, 5.41) is 5.04. The van der Waals surface area contributed by atoms with Crippen molar-refractivity contribution in [2.45, 2.75) is 12.3 Å². The van der Waals surface area contributed by atoms with Crippen molar-refractivity contribution < 1.29 is 4.74 Å². The molecule has 68 valence electrons. The molecule has 12 heavy (non-hydrogen) atoms. The van der Waals surface area contributed by atoms with E-state index < -0.39 is 0 Å². The highest BCUT2D eigenvalue weighted by atomic mass is 127. The normalized spacial score (nSPS) is 10.3. The molecule has 1 aromatic rings. The number of rotatable bonds is 3. The van der Waals surface area contributed by atoms with Crippen molar-refractivity contribution in [3.8, 4) is 5.88 Å². The number of nitrogens with zero attached hydrogens (tertiary/aromatic N) is 2. The molecule has 1 aromatic heterocycles. The number of aryl methyl sites for hydroxylation is 1. The highest BCUT2D eigenvalue weighted by molar-refractivity contribution is 14.1. The van der Waals surface area contributed by atoms with Gasteiger partial charge in [0.1, 0.15) is 0 Å². The maximum absolute atomic E-state index is 5.34. The van der Waals surface area contributed by atoms with Crippen molar-refractivity contribution in [2.24, 2.45) is 7.05 Å². The number of aromatic nitrogens is 2. The molecule has 0 aliphatic rings. The molecule has 0 radical (unpaired) electrons. The fourth-order valence-corrected chi connectivity index (χ4v) is 2.85. The zero-order valence-electron chi connectivity index (χ0n) is 6.97. The Hall–Kier alpha value is 0.220. The molecule has 5 heteroatoms. The Balaban J connectivity index is 3.00. The lowest BCUT2D eigenvalue weighted by atomic mass is 10.5. The third-order valence-corrected chi connectivity index (χ3v) is 3.10. The maximum Gasteiger partial charge on any atom is 0.246 e. The first-order valence-corrected chi connectivity index (χ1v) is 5.80. The first-order valence-electron chi connectivity index (χ1n) is 3.60. The van der Waals surface area contributed by atoms with Crippen LogP contribution in [0.1, 0.15) is 12.6 Å². The van der Waals surface area contributed by atoms with Crippen molar-refractivity contribution >= 4 is 38.5 Å². The Morgan fingerprint density at radius 2 is 2.33 bits per heavy atom. The second-order valence-electron chi connectivity index (χ2n) is 2.26. The Labute approximate surface area is 93.7 Å². The van der Waals surface area contributed by atoms with E-state index in [0.29, 0.717) is 6.61 Å². The van der Waals surface area contributed by atoms with E-state index in [9.17, 15) is 0 Å². The number of hydrogen-bond acceptors (Lipinski definition) is 2. The van der Waals surface area contributed by atoms with Crippen molar-refractivity contribution in [3.05, 3.63) is 9.26 Å². The molecule has 3 nitrogen and oxygen atoms in total. The molecule has 0 saturated carbocycles. The Bertz CT molecular complexity index is 275. The van der Waals surface area contributed by atoms with Gasteiger partial charge in [-0.3, -0.25) is 4.68 Å². The molecule has 0 aliphatic heterocycles. The lowest BCUT2D eigenvalue weighted by Crippen LogP contribution is -1.96. The van der Waals surface area contributed by atoms with Gasteiger partial charge in [0.15, 0.2) is 0 Å². The molecule has 0 fully saturated rings. The van der Waals surface area contributed by atoms with Crippen LogP contribution in [0.2, 0.25) is 0 Å². The molecule has 0 aromatic carbocycles. The van der Waals surface area contributed by atoms with Crippen LogP contribution in [0.15, 0.2) is 0 Å². The van der Waals surface area contributed by atoms with Crippen LogP contribution in [-0.2, 0) is 12.4 Å². The van der Waals surface area contributed by atoms with Gasteiger partial charge in [-0.15, -0.1) is 5.10 Å². The molecule has 0 saturated heterocycles. The minimum atomic E-state index is 0.661. The summed E-state index contributed by atoms with van der Waals surface area (Å²) in [6.45, 7) is 2.62. The van der Waals surface area contributed by atoms with Crippen molar-refractivity contribution in [2.75, 3.05) is 6.61 Å². The van der Waals surface area contributed by atoms with Gasteiger partial charge in [-0.25, -0.2) is 0 Å². The topological polar surface area (TPSA) is 27.1 Å². The highest BCUT2D eigenvalue weighted by Gasteiger charge is 2.12. The van der Waals surface area contributed by atoms with E-state index in [1.54, 1.807) is 0 Å². The van der Waals surface area contributed by atoms with Crippen LogP contribution in [0.4, 0.5) is 0 Å². The number of alkyl halides is 1. The standard InChI is InChI=1S/C7H10BrIN2O/c1-3-12-7-6(9)5(4-8)11(2)10-7/h3-4H2,1-2H3. The predicted octanol–water partition coefficient (Wildman–Crippen LogP) is 2.32. The molecule has 0 spiro atoms. The lowest BCUT2D eigenvalue weighted by Gasteiger charge is -1.96. The Morgan fingerprint density at radius 1 is 1.67 bits per heavy atom. The summed E-state index contributed by atoms with van der Waals surface area (Å²) in [4.78, 5) is 0. The molecule has 0 unspecified atom stereocenters. The van der Waals surface area contributed by atoms with Crippen LogP contribution in [0.3, 0.4) is 0 Å². The number of halogens is 2. The first kappa shape index (κ1) is 10.3. The van der Waals surface area contributed by atoms with Crippen LogP contribution < -0.4 is 4.74 Å². The fraction of sp³-hybridized carbons (Fsp3) is 0.571. The minimum absolute atomic E-state index is 0.661. The summed E-state index contributed by atoms with van der Waals surface area (Å²) in [7, 11) is 1.92. The quantitative estimate of drug-likeness (QED) is 0.621. The average molecular weight is 345 g/mol. The molecular weight excluding hydrogens is 335 g/mol. The van der Waals surface area contributed by atoms with E-state index in [4.69, 9.17) is 4.74 Å². The molecule has 0 atom stereocenters. The van der Waals surface area contributed by atoms with Gasteiger partial charge in [0.05, 0.1) is 15.9 Å². The molecule has 1 heterocycles. The van der Waals surface area contributed by atoms with Crippen LogP contribution in [0.25, 0.3) is 0 Å². The van der Waals surface area contributed by atoms with Gasteiger partial charge in [-0.05, 0) is 29.5 Å². The van der Waals surface area contributed by atoms with E-state index in [1.165, 1.54) is 0 Å². The Morgan fingerprint density at radius 3 is 2.75 bits per heavy atom. The SMILES string of the molecule is CCOc1nn(C)c(CBr)c1I. The van der Waals surface area contributed by atoms with E-state index in [2.05, 4.69) is 43.6 Å². The predicted molar refractivity (Wildman–Crippen MR) is 59.7 cm³/mol. The third-order valence-electron chi connectivity index (χ3n) is 1.48. The zero-order valence-corrected chi connectivity index (χ0v) is 10.7. The molecule has 1 rings (SSSR count). The minimum Gasteiger partial charge on any atom is -0.476 e. The van der Waals surface area contributed by atoms with Crippen LogP contribution in [0.5, 0.6) is 5.88 Å². The molecule has 0 bridgehead atoms. The van der Waals surface area contributed by atoms with Crippen molar-refractivity contribution in [1.29, 1.82) is 0 Å². The second-order valence-corrected chi connectivity index (χ2v) is 3.90. The molecule has 0 aliphatic carbocycles. The smallest absolute Gasteiger partial charge is 0.246 e.